The van der Waals surface area contributed by atoms with Crippen molar-refractivity contribution < 1.29 is 37.4 Å². The molecule has 3 aromatic carbocycles. The average Bonchev–Trinajstić information content (AvgIpc) is 3.38. The van der Waals surface area contributed by atoms with Crippen molar-refractivity contribution in [3.8, 4) is 0 Å². The van der Waals surface area contributed by atoms with Crippen LogP contribution in [0.3, 0.4) is 0 Å². The highest BCUT2D eigenvalue weighted by molar-refractivity contribution is 5.95. The van der Waals surface area contributed by atoms with Crippen LogP contribution in [0.25, 0.3) is 0 Å². The lowest BCUT2D eigenvalue weighted by molar-refractivity contribution is -0.0595. The maximum Gasteiger partial charge on any atom is 0.340 e. The second-order valence-corrected chi connectivity index (χ2v) is 10.2. The molecule has 0 unspecified atom stereocenters. The van der Waals surface area contributed by atoms with Gasteiger partial charge in [0, 0.05) is 17.3 Å². The van der Waals surface area contributed by atoms with E-state index < -0.39 is 67.0 Å². The third kappa shape index (κ3) is 6.80. The molecule has 2 heterocycles. The zero-order chi connectivity index (χ0) is 31.9. The number of benzene rings is 3. The topological polar surface area (TPSA) is 123 Å². The van der Waals surface area contributed by atoms with Crippen LogP contribution < -0.4 is 11.2 Å². The van der Waals surface area contributed by atoms with Crippen LogP contribution in [0.2, 0.25) is 0 Å². The first-order chi connectivity index (χ1) is 21.8. The molecule has 1 aromatic heterocycles. The minimum Gasteiger partial charge on any atom is -0.459 e. The summed E-state index contributed by atoms with van der Waals surface area (Å²) in [4.78, 5) is 65.8. The summed E-state index contributed by atoms with van der Waals surface area (Å²) in [5, 5.41) is 0. The molecule has 1 aliphatic heterocycles. The van der Waals surface area contributed by atoms with Gasteiger partial charge in [0.2, 0.25) is 0 Å². The summed E-state index contributed by atoms with van der Waals surface area (Å²) < 4.78 is 47.1. The number of aryl methyl sites for hydroxylation is 1. The summed E-state index contributed by atoms with van der Waals surface area (Å²) in [6, 6.07) is 23.2. The maximum atomic E-state index is 16.3. The van der Waals surface area contributed by atoms with Gasteiger partial charge in [0.05, 0.1) is 17.8 Å². The van der Waals surface area contributed by atoms with E-state index >= 15 is 4.39 Å². The molecule has 4 atom stereocenters. The molecular formula is C33H28F2N2O8. The second kappa shape index (κ2) is 14.0. The van der Waals surface area contributed by atoms with E-state index in [1.807, 2.05) is 0 Å². The van der Waals surface area contributed by atoms with Crippen LogP contribution in [0.4, 0.5) is 8.78 Å². The van der Waals surface area contributed by atoms with E-state index in [4.69, 9.17) is 14.2 Å². The van der Waals surface area contributed by atoms with Gasteiger partial charge >= 0.3 is 17.6 Å². The van der Waals surface area contributed by atoms with Gasteiger partial charge in [-0.05, 0) is 49.2 Å². The van der Waals surface area contributed by atoms with Crippen LogP contribution in [0, 0.1) is 0 Å². The Balaban J connectivity index is 1.52. The predicted octanol–water partition coefficient (Wildman–Crippen LogP) is 3.92. The Kier molecular flexibility index (Phi) is 9.73. The van der Waals surface area contributed by atoms with Crippen LogP contribution in [-0.4, -0.2) is 58.6 Å². The average molecular weight is 619 g/mol. The summed E-state index contributed by atoms with van der Waals surface area (Å²) in [6.07, 6.45) is -6.34. The van der Waals surface area contributed by atoms with Crippen molar-refractivity contribution >= 4 is 17.8 Å². The predicted molar refractivity (Wildman–Crippen MR) is 157 cm³/mol. The van der Waals surface area contributed by atoms with Crippen LogP contribution >= 0.6 is 0 Å². The molecule has 232 valence electrons. The Morgan fingerprint density at radius 2 is 1.36 bits per heavy atom. The standard InChI is InChI=1S/C33H28F2N2O8/c34-18-10-17-24-19-36(33(42)37(29(24)39)28(38)21-11-4-1-5-12-21)30-26(35)27(45-32(41)23-15-8-3-9-16-23)25(44-30)20-43-31(40)22-13-6-2-7-14-22/h1-9,11-16,19,25-27,30H,10,17-18,20H2/t25-,26+,27-,30-/m1/s1. The molecule has 0 radical (unpaired) electrons. The second-order valence-electron chi connectivity index (χ2n) is 10.2. The Morgan fingerprint density at radius 3 is 1.93 bits per heavy atom. The van der Waals surface area contributed by atoms with Gasteiger partial charge in [-0.1, -0.05) is 54.6 Å². The molecule has 0 saturated carbocycles. The van der Waals surface area contributed by atoms with E-state index in [0.717, 1.165) is 6.20 Å². The summed E-state index contributed by atoms with van der Waals surface area (Å²) in [5.74, 6) is -2.62. The molecule has 45 heavy (non-hydrogen) atoms. The van der Waals surface area contributed by atoms with Crippen molar-refractivity contribution in [2.75, 3.05) is 13.3 Å². The fourth-order valence-electron chi connectivity index (χ4n) is 4.90. The summed E-state index contributed by atoms with van der Waals surface area (Å²) >= 11 is 0. The SMILES string of the molecule is O=C(OC[C@H]1O[C@@H](n2cc(CCCF)c(=O)n(C(=O)c3ccccc3)c2=O)[C@@H](F)[C@@H]1OC(=O)c1ccccc1)c1ccccc1. The Morgan fingerprint density at radius 1 is 0.800 bits per heavy atom. The van der Waals surface area contributed by atoms with Gasteiger partial charge in [-0.15, -0.1) is 0 Å². The van der Waals surface area contributed by atoms with Gasteiger partial charge in [-0.2, -0.15) is 4.57 Å². The first kappa shape index (κ1) is 31.2. The monoisotopic (exact) mass is 618 g/mol. The van der Waals surface area contributed by atoms with E-state index in [9.17, 15) is 28.4 Å². The molecule has 0 bridgehead atoms. The minimum atomic E-state index is -2.22. The van der Waals surface area contributed by atoms with Crippen molar-refractivity contribution in [1.82, 2.24) is 9.13 Å². The first-order valence-electron chi connectivity index (χ1n) is 14.1. The fourth-order valence-corrected chi connectivity index (χ4v) is 4.90. The molecule has 0 spiro atoms. The lowest BCUT2D eigenvalue weighted by Gasteiger charge is -2.20. The van der Waals surface area contributed by atoms with E-state index in [0.29, 0.717) is 9.13 Å². The van der Waals surface area contributed by atoms with Gasteiger partial charge < -0.3 is 14.2 Å². The highest BCUT2D eigenvalue weighted by Crippen LogP contribution is 2.34. The van der Waals surface area contributed by atoms with Crippen LogP contribution in [-0.2, 0) is 20.6 Å². The molecule has 1 saturated heterocycles. The Bertz CT molecular complexity index is 1780. The van der Waals surface area contributed by atoms with Crippen LogP contribution in [0.15, 0.2) is 107 Å². The highest BCUT2D eigenvalue weighted by atomic mass is 19.1. The van der Waals surface area contributed by atoms with Crippen LogP contribution in [0.1, 0.15) is 49.3 Å². The fraction of sp³-hybridized carbons (Fsp3) is 0.242. The molecule has 12 heteroatoms. The number of aromatic nitrogens is 2. The lowest BCUT2D eigenvalue weighted by Crippen LogP contribution is -2.47. The van der Waals surface area contributed by atoms with Crippen molar-refractivity contribution in [3.05, 3.63) is 140 Å². The summed E-state index contributed by atoms with van der Waals surface area (Å²) in [5.41, 5.74) is -2.00. The third-order valence-corrected chi connectivity index (χ3v) is 7.17. The molecule has 0 aliphatic carbocycles. The molecule has 4 aromatic rings. The van der Waals surface area contributed by atoms with E-state index in [2.05, 4.69) is 0 Å². The number of carbonyl (C=O) groups excluding carboxylic acids is 3. The molecular weight excluding hydrogens is 590 g/mol. The zero-order valence-corrected chi connectivity index (χ0v) is 23.8. The number of esters is 2. The molecule has 5 rings (SSSR count). The number of hydrogen-bond acceptors (Lipinski definition) is 8. The van der Waals surface area contributed by atoms with Gasteiger partial charge in [-0.3, -0.25) is 18.5 Å². The number of halogens is 2. The lowest BCUT2D eigenvalue weighted by atomic mass is 10.1. The third-order valence-electron chi connectivity index (χ3n) is 7.17. The smallest absolute Gasteiger partial charge is 0.340 e. The largest absolute Gasteiger partial charge is 0.459 e. The van der Waals surface area contributed by atoms with Crippen molar-refractivity contribution in [3.63, 3.8) is 0 Å². The first-order valence-corrected chi connectivity index (χ1v) is 14.1. The summed E-state index contributed by atoms with van der Waals surface area (Å²) in [6.45, 7) is -1.35. The molecule has 0 amide bonds. The molecule has 0 N–H and O–H groups in total. The van der Waals surface area contributed by atoms with Gasteiger partial charge in [0.25, 0.3) is 11.5 Å². The minimum absolute atomic E-state index is 0.00963. The molecule has 1 aliphatic rings. The normalized spacial score (nSPS) is 19.2. The number of carbonyl (C=O) groups is 3. The van der Waals surface area contributed by atoms with E-state index in [1.165, 1.54) is 48.5 Å². The number of alkyl halides is 2. The van der Waals surface area contributed by atoms with Gasteiger partial charge in [0.15, 0.2) is 18.5 Å². The zero-order valence-electron chi connectivity index (χ0n) is 23.8. The van der Waals surface area contributed by atoms with Gasteiger partial charge in [0.1, 0.15) is 12.7 Å². The Labute approximate surface area is 255 Å². The van der Waals surface area contributed by atoms with Gasteiger partial charge in [-0.25, -0.2) is 18.8 Å². The number of nitrogens with zero attached hydrogens (tertiary/aromatic N) is 2. The quantitative estimate of drug-likeness (QED) is 0.245. The summed E-state index contributed by atoms with van der Waals surface area (Å²) in [7, 11) is 0. The molecule has 10 nitrogen and oxygen atoms in total. The van der Waals surface area contributed by atoms with Crippen molar-refractivity contribution in [1.29, 1.82) is 0 Å². The van der Waals surface area contributed by atoms with Crippen molar-refractivity contribution in [2.24, 2.45) is 0 Å². The number of ether oxygens (including phenoxy) is 3. The Hall–Kier alpha value is -5.23. The van der Waals surface area contributed by atoms with Crippen molar-refractivity contribution in [2.45, 2.75) is 37.4 Å². The molecule has 1 fully saturated rings. The number of hydrogen-bond donors (Lipinski definition) is 0. The highest BCUT2D eigenvalue weighted by Gasteiger charge is 2.50. The van der Waals surface area contributed by atoms with E-state index in [1.54, 1.807) is 42.5 Å². The number of rotatable bonds is 10. The maximum absolute atomic E-state index is 16.3. The van der Waals surface area contributed by atoms with Crippen LogP contribution in [0.5, 0.6) is 0 Å². The van der Waals surface area contributed by atoms with E-state index in [-0.39, 0.29) is 35.1 Å².